The molecule has 0 aromatic heterocycles. The molecule has 0 unspecified atom stereocenters. The zero-order chi connectivity index (χ0) is 12.0. The van der Waals surface area contributed by atoms with Gasteiger partial charge in [0.1, 0.15) is 0 Å². The molecule has 0 saturated carbocycles. The second-order valence-electron chi connectivity index (χ2n) is 6.07. The summed E-state index contributed by atoms with van der Waals surface area (Å²) in [6, 6.07) is 1.45. The first kappa shape index (κ1) is 14.9. The minimum absolute atomic E-state index is 0.724. The van der Waals surface area contributed by atoms with E-state index in [1.54, 1.807) is 25.4 Å². The molecule has 0 N–H and O–H groups in total. The van der Waals surface area contributed by atoms with Gasteiger partial charge in [-0.1, -0.05) is 0 Å². The van der Waals surface area contributed by atoms with Gasteiger partial charge < -0.3 is 0 Å². The minimum atomic E-state index is -0.953. The first-order valence-corrected chi connectivity index (χ1v) is 14.4. The third-order valence-corrected chi connectivity index (χ3v) is 14.6. The van der Waals surface area contributed by atoms with Gasteiger partial charge in [0.25, 0.3) is 0 Å². The van der Waals surface area contributed by atoms with Crippen LogP contribution in [0.2, 0.25) is 12.5 Å². The summed E-state index contributed by atoms with van der Waals surface area (Å²) < 4.78 is 5.10. The van der Waals surface area contributed by atoms with Crippen LogP contribution in [0.3, 0.4) is 0 Å². The van der Waals surface area contributed by atoms with Crippen LogP contribution < -0.4 is 0 Å². The number of nitrogens with zero attached hydrogens (tertiary/aromatic N) is 1. The van der Waals surface area contributed by atoms with E-state index in [0.717, 1.165) is 12.1 Å². The van der Waals surface area contributed by atoms with Gasteiger partial charge in [-0.15, -0.1) is 0 Å². The Morgan fingerprint density at radius 2 is 1.50 bits per heavy atom. The van der Waals surface area contributed by atoms with Crippen molar-refractivity contribution in [3.8, 4) is 0 Å². The first-order chi connectivity index (χ1) is 7.61. The van der Waals surface area contributed by atoms with E-state index in [-0.39, 0.29) is 0 Å². The van der Waals surface area contributed by atoms with E-state index in [4.69, 9.17) is 0 Å². The Kier molecular flexibility index (Phi) is 7.47. The molecule has 94 valence electrons. The third kappa shape index (κ3) is 5.44. The molecule has 1 saturated heterocycles. The Hall–Kier alpha value is 0.830. The molecule has 16 heavy (non-hydrogen) atoms. The van der Waals surface area contributed by atoms with E-state index in [0.29, 0.717) is 0 Å². The normalized spacial score (nSPS) is 17.8. The van der Waals surface area contributed by atoms with Gasteiger partial charge in [-0.25, -0.2) is 0 Å². The Labute approximate surface area is 111 Å². The number of rotatable bonds is 6. The zero-order valence-electron chi connectivity index (χ0n) is 11.8. The quantitative estimate of drug-likeness (QED) is 0.708. The summed E-state index contributed by atoms with van der Waals surface area (Å²) in [4.78, 5) is 2.66. The van der Waals surface area contributed by atoms with E-state index in [1.165, 1.54) is 19.4 Å². The summed E-state index contributed by atoms with van der Waals surface area (Å²) in [5.41, 5.74) is 0. The van der Waals surface area contributed by atoms with Crippen LogP contribution >= 0.6 is 0 Å². The molecule has 1 rings (SSSR count). The van der Waals surface area contributed by atoms with Crippen LogP contribution in [0.25, 0.3) is 0 Å². The molecule has 0 aromatic rings. The summed E-state index contributed by atoms with van der Waals surface area (Å²) in [5, 5.41) is 0. The average molecular weight is 327 g/mol. The van der Waals surface area contributed by atoms with Gasteiger partial charge in [-0.2, -0.15) is 0 Å². The van der Waals surface area contributed by atoms with E-state index in [1.807, 2.05) is 0 Å². The van der Waals surface area contributed by atoms with Crippen molar-refractivity contribution in [1.82, 2.24) is 4.90 Å². The predicted octanol–water partition coefficient (Wildman–Crippen LogP) is 4.17. The Bertz CT molecular complexity index is 166. The molecule has 0 aromatic carbocycles. The molecular formula is C14H30InN. The Morgan fingerprint density at radius 3 is 2.00 bits per heavy atom. The molecule has 1 aliphatic rings. The van der Waals surface area contributed by atoms with Crippen LogP contribution in [0.5, 0.6) is 0 Å². The second-order valence-corrected chi connectivity index (χ2v) is 16.0. The predicted molar refractivity (Wildman–Crippen MR) is 75.6 cm³/mol. The Morgan fingerprint density at radius 1 is 0.938 bits per heavy atom. The molecule has 0 aliphatic carbocycles. The van der Waals surface area contributed by atoms with Crippen molar-refractivity contribution in [2.75, 3.05) is 6.54 Å². The van der Waals surface area contributed by atoms with Crippen molar-refractivity contribution in [3.05, 3.63) is 0 Å². The number of hydrogen-bond donors (Lipinski definition) is 0. The van der Waals surface area contributed by atoms with E-state index in [2.05, 4.69) is 32.6 Å². The SMILES string of the molecule is CC(C)N(CC[CH2][In]1[CH2]CCC[CH2]1)C(C)C. The summed E-state index contributed by atoms with van der Waals surface area (Å²) >= 11 is -0.953. The van der Waals surface area contributed by atoms with Gasteiger partial charge in [0, 0.05) is 0 Å². The van der Waals surface area contributed by atoms with Crippen molar-refractivity contribution < 1.29 is 0 Å². The molecule has 0 amide bonds. The standard InChI is InChI=1S/C9H20N.C5H10.In/c1-6-7-10(8(2)3)9(4)5;1-3-5-4-2;/h8-9H,1,6-7H2,2-5H3;1-5H2;. The summed E-state index contributed by atoms with van der Waals surface area (Å²) in [5.74, 6) is 0. The molecule has 1 aliphatic heterocycles. The topological polar surface area (TPSA) is 3.24 Å². The molecular weight excluding hydrogens is 297 g/mol. The van der Waals surface area contributed by atoms with Crippen LogP contribution in [0.1, 0.15) is 53.4 Å². The van der Waals surface area contributed by atoms with Gasteiger partial charge in [-0.05, 0) is 0 Å². The molecule has 1 heterocycles. The van der Waals surface area contributed by atoms with Crippen molar-refractivity contribution in [2.45, 2.75) is 78.0 Å². The van der Waals surface area contributed by atoms with Gasteiger partial charge in [0.2, 0.25) is 0 Å². The van der Waals surface area contributed by atoms with Crippen LogP contribution in [-0.4, -0.2) is 45.0 Å². The fourth-order valence-electron chi connectivity index (χ4n) is 3.15. The molecule has 1 fully saturated rings. The van der Waals surface area contributed by atoms with Gasteiger partial charge >= 0.3 is 111 Å². The molecule has 0 atom stereocenters. The van der Waals surface area contributed by atoms with Crippen molar-refractivity contribution in [3.63, 3.8) is 0 Å². The van der Waals surface area contributed by atoms with Crippen LogP contribution in [0, 0.1) is 0 Å². The average Bonchev–Trinajstić information content (AvgIpc) is 2.24. The van der Waals surface area contributed by atoms with E-state index in [9.17, 15) is 0 Å². The van der Waals surface area contributed by atoms with Crippen molar-refractivity contribution >= 4 is 21.4 Å². The van der Waals surface area contributed by atoms with Crippen molar-refractivity contribution in [1.29, 1.82) is 0 Å². The van der Waals surface area contributed by atoms with Crippen molar-refractivity contribution in [2.24, 2.45) is 0 Å². The number of hydrogen-bond acceptors (Lipinski definition) is 1. The van der Waals surface area contributed by atoms with Crippen LogP contribution in [0.4, 0.5) is 0 Å². The summed E-state index contributed by atoms with van der Waals surface area (Å²) in [7, 11) is 0. The molecule has 0 radical (unpaired) electrons. The second kappa shape index (κ2) is 8.02. The maximum absolute atomic E-state index is 2.66. The summed E-state index contributed by atoms with van der Waals surface area (Å²) in [6.07, 6.45) is 6.20. The monoisotopic (exact) mass is 327 g/mol. The first-order valence-electron chi connectivity index (χ1n) is 7.37. The maximum atomic E-state index is 2.66. The fraction of sp³-hybridized carbons (Fsp3) is 1.00. The van der Waals surface area contributed by atoms with E-state index < -0.39 is 21.4 Å². The van der Waals surface area contributed by atoms with Gasteiger partial charge in [0.15, 0.2) is 0 Å². The van der Waals surface area contributed by atoms with E-state index >= 15 is 0 Å². The van der Waals surface area contributed by atoms with Crippen LogP contribution in [0.15, 0.2) is 0 Å². The third-order valence-electron chi connectivity index (χ3n) is 4.08. The molecule has 0 spiro atoms. The molecule has 2 heteroatoms. The Balaban J connectivity index is 2.16. The van der Waals surface area contributed by atoms with Gasteiger partial charge in [0.05, 0.1) is 0 Å². The summed E-state index contributed by atoms with van der Waals surface area (Å²) in [6.45, 7) is 10.7. The molecule has 1 nitrogen and oxygen atoms in total. The van der Waals surface area contributed by atoms with Crippen LogP contribution in [-0.2, 0) is 0 Å². The molecule has 0 bridgehead atoms. The zero-order valence-corrected chi connectivity index (χ0v) is 15.1. The van der Waals surface area contributed by atoms with Gasteiger partial charge in [-0.3, -0.25) is 0 Å². The fourth-order valence-corrected chi connectivity index (χ4v) is 12.7.